The maximum absolute atomic E-state index is 14.3. The molecule has 9 nitrogen and oxygen atoms in total. The first kappa shape index (κ1) is 23.0. The van der Waals surface area contributed by atoms with Crippen molar-refractivity contribution in [3.63, 3.8) is 0 Å². The number of rotatable bonds is 7. The van der Waals surface area contributed by atoms with E-state index in [1.54, 1.807) is 36.1 Å². The van der Waals surface area contributed by atoms with Gasteiger partial charge in [-0.1, -0.05) is 29.4 Å². The van der Waals surface area contributed by atoms with Crippen LogP contribution in [-0.4, -0.2) is 58.1 Å². The largest absolute Gasteiger partial charge is 0.384 e. The highest BCUT2D eigenvalue weighted by atomic mass is 19.1. The van der Waals surface area contributed by atoms with Crippen LogP contribution in [0.4, 0.5) is 10.2 Å². The molecular weight excluding hydrogens is 449 g/mol. The Bertz CT molecular complexity index is 1280. The second-order valence-electron chi connectivity index (χ2n) is 9.46. The van der Waals surface area contributed by atoms with Gasteiger partial charge in [-0.15, -0.1) is 0 Å². The van der Waals surface area contributed by atoms with Gasteiger partial charge in [0.1, 0.15) is 12.4 Å². The minimum atomic E-state index is -0.592. The lowest BCUT2D eigenvalue weighted by Gasteiger charge is -2.27. The number of carbonyl (C=O) groups excluding carboxylic acids is 1. The zero-order chi connectivity index (χ0) is 24.7. The van der Waals surface area contributed by atoms with E-state index in [2.05, 4.69) is 22.5 Å². The van der Waals surface area contributed by atoms with Crippen LogP contribution in [0, 0.1) is 11.9 Å². The zero-order valence-electron chi connectivity index (χ0n) is 20.0. The van der Waals surface area contributed by atoms with E-state index < -0.39 is 11.4 Å². The molecule has 0 radical (unpaired) electrons. The van der Waals surface area contributed by atoms with E-state index in [1.165, 1.54) is 0 Å². The average Bonchev–Trinajstić information content (AvgIpc) is 3.39. The van der Waals surface area contributed by atoms with Gasteiger partial charge in [0, 0.05) is 32.4 Å². The lowest BCUT2D eigenvalue weighted by molar-refractivity contribution is -0.129. The molecule has 3 heterocycles. The quantitative estimate of drug-likeness (QED) is 0.500. The van der Waals surface area contributed by atoms with Crippen LogP contribution in [0.15, 0.2) is 47.1 Å². The molecule has 1 amide bonds. The molecule has 0 bridgehead atoms. The Kier molecular flexibility index (Phi) is 5.76. The molecule has 2 aromatic heterocycles. The predicted molar refractivity (Wildman–Crippen MR) is 129 cm³/mol. The third-order valence-corrected chi connectivity index (χ3v) is 6.81. The summed E-state index contributed by atoms with van der Waals surface area (Å²) in [6, 6.07) is 11.0. The van der Waals surface area contributed by atoms with E-state index in [-0.39, 0.29) is 18.3 Å². The molecule has 35 heavy (non-hydrogen) atoms. The first-order valence-corrected chi connectivity index (χ1v) is 11.5. The van der Waals surface area contributed by atoms with Crippen LogP contribution < -0.4 is 11.2 Å². The molecule has 1 fully saturated rings. The second-order valence-corrected chi connectivity index (χ2v) is 9.46. The van der Waals surface area contributed by atoms with Crippen LogP contribution >= 0.6 is 0 Å². The summed E-state index contributed by atoms with van der Waals surface area (Å²) in [7, 11) is 3.45. The van der Waals surface area contributed by atoms with Gasteiger partial charge in [0.05, 0.1) is 11.0 Å². The number of carbonyl (C=O) groups is 1. The number of hydrogen-bond acceptors (Lipinski definition) is 8. The van der Waals surface area contributed by atoms with E-state index >= 15 is 0 Å². The molecule has 1 aromatic carbocycles. The fraction of sp³-hybridized carbons (Fsp3) is 0.360. The highest BCUT2D eigenvalue weighted by Gasteiger charge is 2.47. The molecule has 3 N–H and O–H groups in total. The van der Waals surface area contributed by atoms with Crippen molar-refractivity contribution in [2.45, 2.75) is 25.2 Å². The molecule has 1 atom stereocenters. The minimum Gasteiger partial charge on any atom is -0.384 e. The number of pyridine rings is 1. The van der Waals surface area contributed by atoms with Gasteiger partial charge < -0.3 is 20.2 Å². The number of aromatic nitrogens is 3. The fourth-order valence-electron chi connectivity index (χ4n) is 4.42. The Morgan fingerprint density at radius 3 is 2.63 bits per heavy atom. The lowest BCUT2D eigenvalue weighted by atomic mass is 9.76. The van der Waals surface area contributed by atoms with Crippen LogP contribution in [-0.2, 0) is 10.2 Å². The molecule has 1 aliphatic heterocycles. The van der Waals surface area contributed by atoms with E-state index in [4.69, 9.17) is 15.2 Å². The maximum Gasteiger partial charge on any atom is 0.256 e. The maximum atomic E-state index is 14.3. The van der Waals surface area contributed by atoms with Gasteiger partial charge in [-0.2, -0.15) is 9.37 Å². The fourth-order valence-corrected chi connectivity index (χ4v) is 4.42. The van der Waals surface area contributed by atoms with E-state index in [0.717, 1.165) is 29.5 Å². The summed E-state index contributed by atoms with van der Waals surface area (Å²) in [5.41, 5.74) is 11.3. The van der Waals surface area contributed by atoms with Crippen LogP contribution in [0.2, 0.25) is 0 Å². The summed E-state index contributed by atoms with van der Waals surface area (Å²) in [4.78, 5) is 22.0. The van der Waals surface area contributed by atoms with Crippen LogP contribution in [0.25, 0.3) is 16.7 Å². The third kappa shape index (κ3) is 4.37. The Labute approximate surface area is 202 Å². The monoisotopic (exact) mass is 477 g/mol. The number of nitrogens with one attached hydrogen (secondary N) is 1. The molecule has 10 heteroatoms. The zero-order valence-corrected chi connectivity index (χ0v) is 20.0. The average molecular weight is 478 g/mol. The first-order valence-electron chi connectivity index (χ1n) is 11.5. The van der Waals surface area contributed by atoms with Gasteiger partial charge in [-0.3, -0.25) is 4.79 Å². The highest BCUT2D eigenvalue weighted by Crippen LogP contribution is 2.50. The molecule has 1 saturated carbocycles. The van der Waals surface area contributed by atoms with Gasteiger partial charge in [0.2, 0.25) is 11.9 Å². The lowest BCUT2D eigenvalue weighted by Crippen LogP contribution is -2.38. The summed E-state index contributed by atoms with van der Waals surface area (Å²) in [5, 5.41) is 6.08. The molecule has 1 unspecified atom stereocenters. The Morgan fingerprint density at radius 2 is 1.97 bits per heavy atom. The number of hydrazine groups is 1. The molecular formula is C25H28FN7O2. The molecule has 1 aliphatic carbocycles. The van der Waals surface area contributed by atoms with Crippen LogP contribution in [0.3, 0.4) is 0 Å². The van der Waals surface area contributed by atoms with Gasteiger partial charge in [-0.25, -0.2) is 10.4 Å². The van der Waals surface area contributed by atoms with Crippen molar-refractivity contribution in [2.75, 3.05) is 32.9 Å². The minimum absolute atomic E-state index is 0.0133. The van der Waals surface area contributed by atoms with Gasteiger partial charge in [0.25, 0.3) is 5.89 Å². The summed E-state index contributed by atoms with van der Waals surface area (Å²) >= 11 is 0. The number of halogens is 1. The second kappa shape index (κ2) is 8.77. The van der Waals surface area contributed by atoms with Crippen molar-refractivity contribution in [3.8, 4) is 11.1 Å². The van der Waals surface area contributed by atoms with Crippen molar-refractivity contribution in [1.82, 2.24) is 30.5 Å². The standard InChI is InChI=1S/C25H28FN7O2/c1-25(18-8-9-18,17-6-4-15(5-7-17)19-10-11-20(27)29-22(19)26)24-30-23(35-31-24)16-12-28-33(13-16)14-21(34)32(2)3/h4-7,10-11,13,18,28H,8-9,12,14H2,1-3H3,(H2,27,29). The number of benzene rings is 1. The Morgan fingerprint density at radius 1 is 1.23 bits per heavy atom. The molecule has 3 aromatic rings. The normalized spacial score (nSPS) is 17.3. The molecule has 0 spiro atoms. The number of nitrogen functional groups attached to an aromatic ring is 1. The molecule has 182 valence electrons. The van der Waals surface area contributed by atoms with Crippen LogP contribution in [0.1, 0.15) is 37.0 Å². The third-order valence-electron chi connectivity index (χ3n) is 6.81. The molecule has 2 aliphatic rings. The summed E-state index contributed by atoms with van der Waals surface area (Å²) in [6.45, 7) is 2.84. The number of hydrogen-bond donors (Lipinski definition) is 2. The van der Waals surface area contributed by atoms with Crippen molar-refractivity contribution in [2.24, 2.45) is 5.92 Å². The number of amides is 1. The van der Waals surface area contributed by atoms with E-state index in [1.807, 2.05) is 30.5 Å². The summed E-state index contributed by atoms with van der Waals surface area (Å²) < 4.78 is 20.0. The first-order chi connectivity index (χ1) is 16.8. The van der Waals surface area contributed by atoms with E-state index in [0.29, 0.717) is 29.7 Å². The molecule has 5 rings (SSSR count). The summed E-state index contributed by atoms with van der Waals surface area (Å²) in [6.07, 6.45) is 3.98. The highest BCUT2D eigenvalue weighted by molar-refractivity contribution is 5.78. The molecule has 0 saturated heterocycles. The Hall–Kier alpha value is -3.79. The smallest absolute Gasteiger partial charge is 0.256 e. The number of nitrogens with zero attached hydrogens (tertiary/aromatic N) is 5. The number of anilines is 1. The van der Waals surface area contributed by atoms with Gasteiger partial charge in [-0.05, 0) is 48.9 Å². The Balaban J connectivity index is 1.40. The van der Waals surface area contributed by atoms with Gasteiger partial charge in [0.15, 0.2) is 5.82 Å². The topological polar surface area (TPSA) is 113 Å². The summed E-state index contributed by atoms with van der Waals surface area (Å²) in [5.74, 6) is 0.985. The van der Waals surface area contributed by atoms with Crippen molar-refractivity contribution < 1.29 is 13.7 Å². The van der Waals surface area contributed by atoms with Crippen molar-refractivity contribution in [3.05, 3.63) is 65.8 Å². The van der Waals surface area contributed by atoms with Crippen molar-refractivity contribution in [1.29, 1.82) is 0 Å². The predicted octanol–water partition coefficient (Wildman–Crippen LogP) is 2.82. The van der Waals surface area contributed by atoms with Gasteiger partial charge >= 0.3 is 0 Å². The van der Waals surface area contributed by atoms with Crippen LogP contribution in [0.5, 0.6) is 0 Å². The SMILES string of the molecule is CN(C)C(=O)CN1C=C(c2nc(C(C)(c3ccc(-c4ccc(N)nc4F)cc3)C3CC3)no2)CN1. The number of likely N-dealkylation sites (N-methyl/N-ethyl adjacent to an activating group) is 1. The van der Waals surface area contributed by atoms with E-state index in [9.17, 15) is 9.18 Å². The van der Waals surface area contributed by atoms with Crippen molar-refractivity contribution >= 4 is 17.3 Å². The number of nitrogens with two attached hydrogens (primary N) is 1.